The topological polar surface area (TPSA) is 57.7 Å². The standard InChI is InChI=1S/C21H26N2O3/c1-14-3-2-4-15(11-14)5-8-19(24)22-16-6-7-17(22)13-18(12-16)23-20(25)9-10-21(23)26/h2-4,11,16-18H,5-10,12-13H2,1H3. The van der Waals surface area contributed by atoms with E-state index in [0.717, 1.165) is 32.1 Å². The smallest absolute Gasteiger partial charge is 0.229 e. The number of carbonyl (C=O) groups is 3. The Labute approximate surface area is 154 Å². The molecule has 3 aliphatic heterocycles. The molecule has 5 nitrogen and oxygen atoms in total. The van der Waals surface area contributed by atoms with E-state index in [4.69, 9.17) is 0 Å². The largest absolute Gasteiger partial charge is 0.337 e. The maximum atomic E-state index is 12.9. The fourth-order valence-electron chi connectivity index (χ4n) is 5.02. The minimum atomic E-state index is -0.0291. The van der Waals surface area contributed by atoms with E-state index in [1.807, 2.05) is 6.07 Å². The highest BCUT2D eigenvalue weighted by Gasteiger charge is 2.47. The molecule has 0 aromatic heterocycles. The number of amides is 3. The van der Waals surface area contributed by atoms with Crippen molar-refractivity contribution in [2.45, 2.75) is 76.4 Å². The molecular formula is C21H26N2O3. The minimum Gasteiger partial charge on any atom is -0.337 e. The molecule has 138 valence electrons. The van der Waals surface area contributed by atoms with Gasteiger partial charge in [-0.05, 0) is 44.6 Å². The third-order valence-corrected chi connectivity index (χ3v) is 6.16. The van der Waals surface area contributed by atoms with Gasteiger partial charge in [-0.25, -0.2) is 0 Å². The van der Waals surface area contributed by atoms with Gasteiger partial charge in [-0.3, -0.25) is 19.3 Å². The van der Waals surface area contributed by atoms with Crippen LogP contribution in [0, 0.1) is 6.92 Å². The molecule has 3 heterocycles. The van der Waals surface area contributed by atoms with E-state index in [2.05, 4.69) is 30.0 Å². The molecule has 4 rings (SSSR count). The first-order valence-corrected chi connectivity index (χ1v) is 9.74. The highest BCUT2D eigenvalue weighted by atomic mass is 16.2. The maximum Gasteiger partial charge on any atom is 0.229 e. The molecule has 1 aromatic rings. The Kier molecular flexibility index (Phi) is 4.55. The molecular weight excluding hydrogens is 328 g/mol. The third-order valence-electron chi connectivity index (χ3n) is 6.16. The van der Waals surface area contributed by atoms with Gasteiger partial charge >= 0.3 is 0 Å². The van der Waals surface area contributed by atoms with Crippen LogP contribution in [0.15, 0.2) is 24.3 Å². The summed E-state index contributed by atoms with van der Waals surface area (Å²) in [6.45, 7) is 2.07. The Morgan fingerprint density at radius 2 is 1.69 bits per heavy atom. The zero-order valence-electron chi connectivity index (χ0n) is 15.3. The van der Waals surface area contributed by atoms with Gasteiger partial charge in [0.15, 0.2) is 0 Å². The van der Waals surface area contributed by atoms with Crippen LogP contribution in [-0.2, 0) is 20.8 Å². The van der Waals surface area contributed by atoms with Crippen LogP contribution in [0.2, 0.25) is 0 Å². The van der Waals surface area contributed by atoms with Crippen molar-refractivity contribution in [1.29, 1.82) is 0 Å². The monoisotopic (exact) mass is 354 g/mol. The van der Waals surface area contributed by atoms with Crippen molar-refractivity contribution in [3.8, 4) is 0 Å². The average Bonchev–Trinajstić information content (AvgIpc) is 3.08. The molecule has 3 aliphatic rings. The summed E-state index contributed by atoms with van der Waals surface area (Å²) in [7, 11) is 0. The SMILES string of the molecule is Cc1cccc(CCC(=O)N2C3CCC2CC(N2C(=O)CCC2=O)C3)c1. The van der Waals surface area contributed by atoms with E-state index in [-0.39, 0.29) is 35.8 Å². The van der Waals surface area contributed by atoms with Crippen LogP contribution >= 0.6 is 0 Å². The van der Waals surface area contributed by atoms with Crippen molar-refractivity contribution in [2.75, 3.05) is 0 Å². The summed E-state index contributed by atoms with van der Waals surface area (Å²) in [5.41, 5.74) is 2.42. The van der Waals surface area contributed by atoms with Crippen LogP contribution in [0.4, 0.5) is 0 Å². The number of carbonyl (C=O) groups excluding carboxylic acids is 3. The average molecular weight is 354 g/mol. The second-order valence-corrected chi connectivity index (χ2v) is 7.96. The first-order chi connectivity index (χ1) is 12.5. The van der Waals surface area contributed by atoms with Crippen LogP contribution in [0.25, 0.3) is 0 Å². The number of piperidine rings is 1. The first kappa shape index (κ1) is 17.3. The number of likely N-dealkylation sites (tertiary alicyclic amines) is 1. The van der Waals surface area contributed by atoms with Crippen molar-refractivity contribution in [3.05, 3.63) is 35.4 Å². The molecule has 0 spiro atoms. The highest BCUT2D eigenvalue weighted by Crippen LogP contribution is 2.39. The summed E-state index contributed by atoms with van der Waals surface area (Å²) in [6.07, 6.45) is 5.49. The second kappa shape index (κ2) is 6.86. The summed E-state index contributed by atoms with van der Waals surface area (Å²) in [6, 6.07) is 8.68. The lowest BCUT2D eigenvalue weighted by atomic mass is 9.95. The van der Waals surface area contributed by atoms with Crippen LogP contribution in [0.5, 0.6) is 0 Å². The van der Waals surface area contributed by atoms with Crippen molar-refractivity contribution in [2.24, 2.45) is 0 Å². The fraction of sp³-hybridized carbons (Fsp3) is 0.571. The van der Waals surface area contributed by atoms with Gasteiger partial charge in [0.2, 0.25) is 17.7 Å². The summed E-state index contributed by atoms with van der Waals surface area (Å²) >= 11 is 0. The van der Waals surface area contributed by atoms with Gasteiger partial charge in [-0.15, -0.1) is 0 Å². The van der Waals surface area contributed by atoms with Gasteiger partial charge in [-0.2, -0.15) is 0 Å². The van der Waals surface area contributed by atoms with E-state index in [1.165, 1.54) is 16.0 Å². The molecule has 0 radical (unpaired) electrons. The maximum absolute atomic E-state index is 12.9. The van der Waals surface area contributed by atoms with E-state index >= 15 is 0 Å². The fourth-order valence-corrected chi connectivity index (χ4v) is 5.02. The van der Waals surface area contributed by atoms with E-state index in [9.17, 15) is 14.4 Å². The first-order valence-electron chi connectivity index (χ1n) is 9.74. The Balaban J connectivity index is 1.39. The van der Waals surface area contributed by atoms with Crippen molar-refractivity contribution in [1.82, 2.24) is 9.80 Å². The molecule has 3 amide bonds. The minimum absolute atomic E-state index is 0.00387. The van der Waals surface area contributed by atoms with Crippen LogP contribution in [0.3, 0.4) is 0 Å². The summed E-state index contributed by atoms with van der Waals surface area (Å²) in [4.78, 5) is 40.5. The van der Waals surface area contributed by atoms with Crippen molar-refractivity contribution >= 4 is 17.7 Å². The number of nitrogens with zero attached hydrogens (tertiary/aromatic N) is 2. The Morgan fingerprint density at radius 1 is 1.04 bits per heavy atom. The second-order valence-electron chi connectivity index (χ2n) is 7.96. The van der Waals surface area contributed by atoms with Crippen LogP contribution < -0.4 is 0 Å². The third kappa shape index (κ3) is 3.15. The summed E-state index contributed by atoms with van der Waals surface area (Å²) in [5, 5.41) is 0. The highest BCUT2D eigenvalue weighted by molar-refractivity contribution is 6.02. The number of imide groups is 1. The molecule has 2 bridgehead atoms. The Bertz CT molecular complexity index is 715. The van der Waals surface area contributed by atoms with E-state index in [1.54, 1.807) is 0 Å². The molecule has 0 aliphatic carbocycles. The van der Waals surface area contributed by atoms with Gasteiger partial charge < -0.3 is 4.90 Å². The molecule has 2 atom stereocenters. The number of benzene rings is 1. The molecule has 0 N–H and O–H groups in total. The molecule has 0 saturated carbocycles. The van der Waals surface area contributed by atoms with Crippen LogP contribution in [-0.4, -0.2) is 45.6 Å². The molecule has 2 unspecified atom stereocenters. The molecule has 1 aromatic carbocycles. The predicted molar refractivity (Wildman–Crippen MR) is 97.3 cm³/mol. The normalized spacial score (nSPS) is 28.1. The van der Waals surface area contributed by atoms with Crippen molar-refractivity contribution < 1.29 is 14.4 Å². The molecule has 26 heavy (non-hydrogen) atoms. The van der Waals surface area contributed by atoms with Gasteiger partial charge in [0.25, 0.3) is 0 Å². The van der Waals surface area contributed by atoms with Gasteiger partial charge in [0.1, 0.15) is 0 Å². The quantitative estimate of drug-likeness (QED) is 0.781. The number of aryl methyl sites for hydroxylation is 2. The predicted octanol–water partition coefficient (Wildman–Crippen LogP) is 2.60. The summed E-state index contributed by atoms with van der Waals surface area (Å²) < 4.78 is 0. The Hall–Kier alpha value is -2.17. The van der Waals surface area contributed by atoms with Gasteiger partial charge in [0, 0.05) is 37.4 Å². The lowest BCUT2D eigenvalue weighted by Crippen LogP contribution is -2.53. The molecule has 5 heteroatoms. The van der Waals surface area contributed by atoms with Crippen LogP contribution in [0.1, 0.15) is 56.1 Å². The molecule has 3 saturated heterocycles. The lowest BCUT2D eigenvalue weighted by molar-refractivity contribution is -0.144. The number of fused-ring (bicyclic) bond motifs is 2. The lowest BCUT2D eigenvalue weighted by Gasteiger charge is -2.41. The Morgan fingerprint density at radius 3 is 2.31 bits per heavy atom. The number of hydrogen-bond acceptors (Lipinski definition) is 3. The van der Waals surface area contributed by atoms with E-state index in [0.29, 0.717) is 19.3 Å². The number of hydrogen-bond donors (Lipinski definition) is 0. The molecule has 3 fully saturated rings. The van der Waals surface area contributed by atoms with E-state index < -0.39 is 0 Å². The zero-order valence-corrected chi connectivity index (χ0v) is 15.3. The summed E-state index contributed by atoms with van der Waals surface area (Å²) in [5.74, 6) is 0.161. The van der Waals surface area contributed by atoms with Gasteiger partial charge in [0.05, 0.1) is 0 Å². The zero-order chi connectivity index (χ0) is 18.3. The number of rotatable bonds is 4. The van der Waals surface area contributed by atoms with Gasteiger partial charge in [-0.1, -0.05) is 29.8 Å². The van der Waals surface area contributed by atoms with Crippen molar-refractivity contribution in [3.63, 3.8) is 0 Å².